The lowest BCUT2D eigenvalue weighted by Crippen LogP contribution is -2.56. The molecule has 1 unspecified atom stereocenters. The van der Waals surface area contributed by atoms with Crippen LogP contribution in [0.15, 0.2) is 35.5 Å². The molecule has 2 N–H and O–H groups in total. The number of carbonyl (C=O) groups excluding carboxylic acids is 3. The summed E-state index contributed by atoms with van der Waals surface area (Å²) in [6, 6.07) is 6.23. The third kappa shape index (κ3) is 6.45. The smallest absolute Gasteiger partial charge is 0.338 e. The average molecular weight is 488 g/mol. The molecule has 0 radical (unpaired) electrons. The van der Waals surface area contributed by atoms with Gasteiger partial charge in [0.2, 0.25) is 0 Å². The van der Waals surface area contributed by atoms with Crippen LogP contribution in [0.5, 0.6) is 5.75 Å². The van der Waals surface area contributed by atoms with Crippen LogP contribution < -0.4 is 15.4 Å². The van der Waals surface area contributed by atoms with Gasteiger partial charge < -0.3 is 25.0 Å². The van der Waals surface area contributed by atoms with E-state index in [1.54, 1.807) is 38.1 Å². The number of ether oxygens (including phenoxy) is 2. The first-order valence-corrected chi connectivity index (χ1v) is 11.9. The summed E-state index contributed by atoms with van der Waals surface area (Å²) >= 11 is 0. The Kier molecular flexibility index (Phi) is 8.26. The van der Waals surface area contributed by atoms with Crippen LogP contribution in [0, 0.1) is 0 Å². The molecule has 3 rings (SSSR count). The number of nitrogens with zero attached hydrogens (tertiary/aromatic N) is 3. The Labute approximate surface area is 207 Å². The number of hydrogen-bond donors (Lipinski definition) is 2. The highest BCUT2D eigenvalue weighted by molar-refractivity contribution is 5.95. The first-order valence-electron chi connectivity index (χ1n) is 11.9. The minimum Gasteiger partial charge on any atom is -0.497 e. The Bertz CT molecular complexity index is 961. The Hall–Kier alpha value is -3.27. The van der Waals surface area contributed by atoms with Crippen molar-refractivity contribution in [2.24, 2.45) is 0 Å². The van der Waals surface area contributed by atoms with Gasteiger partial charge >= 0.3 is 18.0 Å². The zero-order valence-electron chi connectivity index (χ0n) is 21.5. The van der Waals surface area contributed by atoms with Crippen LogP contribution in [0.2, 0.25) is 0 Å². The molecule has 192 valence electrons. The van der Waals surface area contributed by atoms with E-state index in [0.717, 1.165) is 5.56 Å². The molecule has 0 saturated carbocycles. The number of amides is 4. The third-order valence-electron chi connectivity index (χ3n) is 6.04. The number of nitrogens with one attached hydrogen (secondary N) is 2. The maximum atomic E-state index is 13.1. The normalized spacial score (nSPS) is 19.4. The highest BCUT2D eigenvalue weighted by Crippen LogP contribution is 2.32. The molecule has 1 aromatic rings. The number of likely N-dealkylation sites (N-methyl/N-ethyl adjacent to an activating group) is 1. The van der Waals surface area contributed by atoms with E-state index in [2.05, 4.69) is 15.5 Å². The highest BCUT2D eigenvalue weighted by atomic mass is 16.5. The van der Waals surface area contributed by atoms with E-state index >= 15 is 0 Å². The van der Waals surface area contributed by atoms with E-state index in [4.69, 9.17) is 9.47 Å². The fourth-order valence-electron chi connectivity index (χ4n) is 4.17. The zero-order chi connectivity index (χ0) is 25.8. The van der Waals surface area contributed by atoms with Crippen molar-refractivity contribution in [1.82, 2.24) is 25.3 Å². The molecule has 10 nitrogen and oxygen atoms in total. The van der Waals surface area contributed by atoms with Crippen molar-refractivity contribution in [3.05, 3.63) is 41.1 Å². The van der Waals surface area contributed by atoms with Crippen LogP contribution in [0.4, 0.5) is 9.59 Å². The van der Waals surface area contributed by atoms with Crippen LogP contribution >= 0.6 is 0 Å². The van der Waals surface area contributed by atoms with Gasteiger partial charge in [0.15, 0.2) is 0 Å². The lowest BCUT2D eigenvalue weighted by atomic mass is 9.94. The molecule has 0 spiro atoms. The first kappa shape index (κ1) is 26.3. The van der Waals surface area contributed by atoms with E-state index < -0.39 is 12.0 Å². The second-order valence-electron chi connectivity index (χ2n) is 9.74. The number of hydrogen-bond acceptors (Lipinski definition) is 6. The first-order chi connectivity index (χ1) is 16.5. The monoisotopic (exact) mass is 487 g/mol. The van der Waals surface area contributed by atoms with Gasteiger partial charge in [-0.15, -0.1) is 0 Å². The number of carbonyl (C=O) groups is 3. The van der Waals surface area contributed by atoms with Crippen molar-refractivity contribution in [1.29, 1.82) is 0 Å². The van der Waals surface area contributed by atoms with Crippen molar-refractivity contribution in [2.75, 3.05) is 53.5 Å². The highest BCUT2D eigenvalue weighted by Gasteiger charge is 2.38. The van der Waals surface area contributed by atoms with E-state index in [0.29, 0.717) is 49.7 Å². The quantitative estimate of drug-likeness (QED) is 0.597. The van der Waals surface area contributed by atoms with Gasteiger partial charge in [-0.3, -0.25) is 9.80 Å². The van der Waals surface area contributed by atoms with Crippen molar-refractivity contribution in [3.8, 4) is 5.75 Å². The Morgan fingerprint density at radius 2 is 1.74 bits per heavy atom. The Balaban J connectivity index is 1.85. The number of urea groups is 2. The number of rotatable bonds is 6. The minimum atomic E-state index is -0.641. The SMILES string of the molecule is CCOC(=O)C1=C(CN2CCN(C(=O)NC(C)(C)C)CC2)N(C)C(=O)NC1c1ccc(OC)cc1. The molecule has 0 bridgehead atoms. The molecule has 0 aliphatic carbocycles. The summed E-state index contributed by atoms with van der Waals surface area (Å²) < 4.78 is 10.6. The zero-order valence-corrected chi connectivity index (χ0v) is 21.5. The van der Waals surface area contributed by atoms with Crippen molar-refractivity contribution in [3.63, 3.8) is 0 Å². The molecule has 2 aliphatic heterocycles. The van der Waals surface area contributed by atoms with Crippen LogP contribution in [-0.2, 0) is 9.53 Å². The van der Waals surface area contributed by atoms with Crippen molar-refractivity contribution in [2.45, 2.75) is 39.3 Å². The van der Waals surface area contributed by atoms with Gasteiger partial charge in [0.25, 0.3) is 0 Å². The van der Waals surface area contributed by atoms with Crippen LogP contribution in [-0.4, -0.2) is 91.8 Å². The predicted octanol–water partition coefficient (Wildman–Crippen LogP) is 2.33. The second-order valence-corrected chi connectivity index (χ2v) is 9.74. The molecule has 1 fully saturated rings. The third-order valence-corrected chi connectivity index (χ3v) is 6.04. The molecular formula is C25H37N5O5. The van der Waals surface area contributed by atoms with Gasteiger partial charge in [-0.1, -0.05) is 12.1 Å². The summed E-state index contributed by atoms with van der Waals surface area (Å²) in [4.78, 5) is 43.9. The maximum absolute atomic E-state index is 13.1. The van der Waals surface area contributed by atoms with Gasteiger partial charge in [-0.05, 0) is 45.4 Å². The summed E-state index contributed by atoms with van der Waals surface area (Å²) in [6.45, 7) is 10.6. The molecule has 1 aromatic carbocycles. The molecule has 0 aromatic heterocycles. The summed E-state index contributed by atoms with van der Waals surface area (Å²) in [5.41, 5.74) is 1.46. The van der Waals surface area contributed by atoms with E-state index in [1.807, 2.05) is 32.9 Å². The number of benzene rings is 1. The second kappa shape index (κ2) is 11.0. The van der Waals surface area contributed by atoms with Gasteiger partial charge in [0.05, 0.1) is 25.3 Å². The summed E-state index contributed by atoms with van der Waals surface area (Å²) in [5.74, 6) is 0.224. The standard InChI is InChI=1S/C25H37N5O5/c1-7-35-22(31)20-19(16-29-12-14-30(15-13-29)24(33)27-25(2,3)4)28(5)23(32)26-21(20)17-8-10-18(34-6)11-9-17/h8-11,21H,7,12-16H2,1-6H3,(H,26,32)(H,27,33). The molecule has 2 aliphatic rings. The van der Waals surface area contributed by atoms with E-state index in [1.165, 1.54) is 4.90 Å². The summed E-state index contributed by atoms with van der Waals surface area (Å²) in [7, 11) is 3.24. The average Bonchev–Trinajstić information content (AvgIpc) is 2.81. The van der Waals surface area contributed by atoms with E-state index in [9.17, 15) is 14.4 Å². The molecular weight excluding hydrogens is 450 g/mol. The van der Waals surface area contributed by atoms with Crippen LogP contribution in [0.25, 0.3) is 0 Å². The van der Waals surface area contributed by atoms with Gasteiger partial charge in [0, 0.05) is 51.0 Å². The lowest BCUT2D eigenvalue weighted by molar-refractivity contribution is -0.139. The van der Waals surface area contributed by atoms with Gasteiger partial charge in [0.1, 0.15) is 5.75 Å². The molecule has 2 heterocycles. The Morgan fingerprint density at radius 3 is 2.29 bits per heavy atom. The molecule has 1 atom stereocenters. The lowest BCUT2D eigenvalue weighted by Gasteiger charge is -2.40. The number of esters is 1. The number of methoxy groups -OCH3 is 1. The Morgan fingerprint density at radius 1 is 1.11 bits per heavy atom. The van der Waals surface area contributed by atoms with E-state index in [-0.39, 0.29) is 24.2 Å². The van der Waals surface area contributed by atoms with Crippen LogP contribution in [0.1, 0.15) is 39.3 Å². The van der Waals surface area contributed by atoms with Gasteiger partial charge in [-0.2, -0.15) is 0 Å². The largest absolute Gasteiger partial charge is 0.497 e. The molecule has 10 heteroatoms. The minimum absolute atomic E-state index is 0.0858. The van der Waals surface area contributed by atoms with Gasteiger partial charge in [-0.25, -0.2) is 14.4 Å². The summed E-state index contributed by atoms with van der Waals surface area (Å²) in [6.07, 6.45) is 0. The van der Waals surface area contributed by atoms with Crippen molar-refractivity contribution < 1.29 is 23.9 Å². The number of piperazine rings is 1. The topological polar surface area (TPSA) is 103 Å². The fourth-order valence-corrected chi connectivity index (χ4v) is 4.17. The van der Waals surface area contributed by atoms with Crippen molar-refractivity contribution >= 4 is 18.0 Å². The maximum Gasteiger partial charge on any atom is 0.338 e. The molecule has 1 saturated heterocycles. The summed E-state index contributed by atoms with van der Waals surface area (Å²) in [5, 5.41) is 5.92. The molecule has 4 amide bonds. The fraction of sp³-hybridized carbons (Fsp3) is 0.560. The predicted molar refractivity (Wildman–Crippen MR) is 132 cm³/mol. The molecule has 35 heavy (non-hydrogen) atoms. The van der Waals surface area contributed by atoms with Crippen LogP contribution in [0.3, 0.4) is 0 Å².